The molecular formula is C32H37N5OS. The third-order valence-corrected chi connectivity index (χ3v) is 7.89. The molecular weight excluding hydrogens is 502 g/mol. The van der Waals surface area contributed by atoms with Crippen LogP contribution in [0.5, 0.6) is 5.88 Å². The maximum atomic E-state index is 11.5. The zero-order chi connectivity index (χ0) is 27.4. The van der Waals surface area contributed by atoms with Crippen molar-refractivity contribution in [2.45, 2.75) is 72.1 Å². The lowest BCUT2D eigenvalue weighted by Crippen LogP contribution is -2.37. The SMILES string of the molecule is Cc1ccc(CN(Cn2c(O)c(N=NC(=S)Nc3ccc(C)cc3C)c3ccccc32)C2CCCCC2)cc1. The molecule has 1 heterocycles. The van der Waals surface area contributed by atoms with Crippen LogP contribution in [0.25, 0.3) is 10.9 Å². The van der Waals surface area contributed by atoms with Crippen LogP contribution in [0.15, 0.2) is 77.0 Å². The van der Waals surface area contributed by atoms with Crippen molar-refractivity contribution in [3.8, 4) is 5.88 Å². The zero-order valence-electron chi connectivity index (χ0n) is 23.0. The summed E-state index contributed by atoms with van der Waals surface area (Å²) in [5.74, 6) is 0.110. The third kappa shape index (κ3) is 6.37. The van der Waals surface area contributed by atoms with Gasteiger partial charge < -0.3 is 10.4 Å². The van der Waals surface area contributed by atoms with Gasteiger partial charge in [-0.1, -0.05) is 85.0 Å². The number of rotatable bonds is 7. The normalized spacial score (nSPS) is 14.5. The monoisotopic (exact) mass is 539 g/mol. The molecule has 1 aromatic heterocycles. The molecule has 2 N–H and O–H groups in total. The van der Waals surface area contributed by atoms with Gasteiger partial charge in [0.2, 0.25) is 11.0 Å². The Kier molecular flexibility index (Phi) is 8.38. The molecule has 202 valence electrons. The molecule has 39 heavy (non-hydrogen) atoms. The van der Waals surface area contributed by atoms with Crippen molar-refractivity contribution >= 4 is 39.6 Å². The van der Waals surface area contributed by atoms with Gasteiger partial charge in [0, 0.05) is 23.7 Å². The van der Waals surface area contributed by atoms with Gasteiger partial charge in [-0.3, -0.25) is 9.47 Å². The minimum atomic E-state index is 0.110. The first-order valence-electron chi connectivity index (χ1n) is 13.8. The Morgan fingerprint density at radius 2 is 1.69 bits per heavy atom. The van der Waals surface area contributed by atoms with E-state index in [2.05, 4.69) is 64.6 Å². The van der Waals surface area contributed by atoms with E-state index in [0.29, 0.717) is 18.4 Å². The Hall–Kier alpha value is -3.55. The lowest BCUT2D eigenvalue weighted by molar-refractivity contribution is 0.109. The Morgan fingerprint density at radius 3 is 2.44 bits per heavy atom. The second kappa shape index (κ2) is 12.1. The molecule has 7 heteroatoms. The summed E-state index contributed by atoms with van der Waals surface area (Å²) in [6.45, 7) is 7.61. The Labute approximate surface area is 236 Å². The Morgan fingerprint density at radius 1 is 0.974 bits per heavy atom. The van der Waals surface area contributed by atoms with E-state index in [-0.39, 0.29) is 11.0 Å². The number of nitrogens with one attached hydrogen (secondary N) is 1. The number of nitrogens with zero attached hydrogens (tertiary/aromatic N) is 4. The van der Waals surface area contributed by atoms with E-state index in [9.17, 15) is 5.11 Å². The van der Waals surface area contributed by atoms with Gasteiger partial charge in [0.05, 0.1) is 12.2 Å². The number of aromatic hydroxyl groups is 1. The van der Waals surface area contributed by atoms with Gasteiger partial charge in [-0.15, -0.1) is 10.2 Å². The molecule has 0 radical (unpaired) electrons. The van der Waals surface area contributed by atoms with Crippen LogP contribution in [0.1, 0.15) is 54.4 Å². The molecule has 0 amide bonds. The molecule has 1 saturated carbocycles. The van der Waals surface area contributed by atoms with Crippen molar-refractivity contribution < 1.29 is 5.11 Å². The standard InChI is InChI=1S/C32H37N5OS/c1-22-13-16-25(17-14-22)20-36(26-9-5-4-6-10-26)21-37-29-12-8-7-11-27(29)30(31(37)38)34-35-32(39)33-28-18-15-23(2)19-24(28)3/h7-8,11-19,26,38H,4-6,9-10,20-21H2,1-3H3,(H,33,39). The molecule has 0 unspecified atom stereocenters. The summed E-state index contributed by atoms with van der Waals surface area (Å²) in [6, 6.07) is 23.3. The zero-order valence-corrected chi connectivity index (χ0v) is 23.8. The summed E-state index contributed by atoms with van der Waals surface area (Å²) in [6.07, 6.45) is 6.15. The van der Waals surface area contributed by atoms with Crippen molar-refractivity contribution in [3.05, 3.63) is 89.0 Å². The van der Waals surface area contributed by atoms with Crippen molar-refractivity contribution in [2.75, 3.05) is 5.32 Å². The van der Waals surface area contributed by atoms with Crippen molar-refractivity contribution in [1.82, 2.24) is 9.47 Å². The van der Waals surface area contributed by atoms with E-state index >= 15 is 0 Å². The average molecular weight is 540 g/mol. The summed E-state index contributed by atoms with van der Waals surface area (Å²) >= 11 is 5.47. The van der Waals surface area contributed by atoms with Crippen molar-refractivity contribution in [2.24, 2.45) is 10.2 Å². The molecule has 4 aromatic rings. The van der Waals surface area contributed by atoms with E-state index < -0.39 is 0 Å². The molecule has 6 nitrogen and oxygen atoms in total. The lowest BCUT2D eigenvalue weighted by atomic mass is 9.94. The highest BCUT2D eigenvalue weighted by Crippen LogP contribution is 2.39. The van der Waals surface area contributed by atoms with Crippen LogP contribution in [0.2, 0.25) is 0 Å². The number of fused-ring (bicyclic) bond motifs is 1. The van der Waals surface area contributed by atoms with Crippen LogP contribution >= 0.6 is 12.2 Å². The summed E-state index contributed by atoms with van der Waals surface area (Å²) in [5, 5.41) is 24.5. The molecule has 1 aliphatic carbocycles. The fourth-order valence-electron chi connectivity index (χ4n) is 5.55. The first kappa shape index (κ1) is 27.0. The van der Waals surface area contributed by atoms with Gasteiger partial charge in [-0.25, -0.2) is 0 Å². The fourth-order valence-corrected chi connectivity index (χ4v) is 5.70. The molecule has 5 rings (SSSR count). The van der Waals surface area contributed by atoms with Crippen LogP contribution in [0.4, 0.5) is 11.4 Å². The number of thiocarbonyl (C=S) groups is 1. The number of anilines is 1. The van der Waals surface area contributed by atoms with E-state index in [0.717, 1.165) is 28.7 Å². The van der Waals surface area contributed by atoms with Crippen molar-refractivity contribution in [3.63, 3.8) is 0 Å². The summed E-state index contributed by atoms with van der Waals surface area (Å²) in [7, 11) is 0. The summed E-state index contributed by atoms with van der Waals surface area (Å²) in [4.78, 5) is 2.50. The lowest BCUT2D eigenvalue weighted by Gasteiger charge is -2.35. The van der Waals surface area contributed by atoms with Gasteiger partial charge in [-0.2, -0.15) is 0 Å². The van der Waals surface area contributed by atoms with Gasteiger partial charge in [0.1, 0.15) is 0 Å². The Bertz CT molecular complexity index is 1480. The predicted molar refractivity (Wildman–Crippen MR) is 164 cm³/mol. The van der Waals surface area contributed by atoms with E-state index in [1.807, 2.05) is 47.9 Å². The van der Waals surface area contributed by atoms with Gasteiger partial charge >= 0.3 is 0 Å². The smallest absolute Gasteiger partial charge is 0.221 e. The number of hydrogen-bond acceptors (Lipinski definition) is 4. The van der Waals surface area contributed by atoms with Gasteiger partial charge in [-0.05, 0) is 69.1 Å². The topological polar surface area (TPSA) is 65.1 Å². The second-order valence-corrected chi connectivity index (χ2v) is 11.1. The maximum absolute atomic E-state index is 11.5. The predicted octanol–water partition coefficient (Wildman–Crippen LogP) is 8.55. The number of hydrogen-bond donors (Lipinski definition) is 2. The number of aromatic nitrogens is 1. The molecule has 1 fully saturated rings. The molecule has 1 aliphatic rings. The molecule has 3 aromatic carbocycles. The number of para-hydroxylation sites is 1. The van der Waals surface area contributed by atoms with E-state index in [1.54, 1.807) is 0 Å². The molecule has 0 saturated heterocycles. The number of azo groups is 1. The van der Waals surface area contributed by atoms with Gasteiger partial charge in [0.15, 0.2) is 5.69 Å². The van der Waals surface area contributed by atoms with E-state index in [1.165, 1.54) is 48.8 Å². The largest absolute Gasteiger partial charge is 0.493 e. The van der Waals surface area contributed by atoms with Crippen LogP contribution in [-0.2, 0) is 13.2 Å². The first-order chi connectivity index (χ1) is 18.9. The highest BCUT2D eigenvalue weighted by atomic mass is 32.1. The summed E-state index contributed by atoms with van der Waals surface area (Å²) in [5.41, 5.74) is 7.09. The maximum Gasteiger partial charge on any atom is 0.221 e. The number of benzene rings is 3. The average Bonchev–Trinajstić information content (AvgIpc) is 3.20. The molecule has 0 spiro atoms. The highest BCUT2D eigenvalue weighted by molar-refractivity contribution is 7.80. The molecule has 0 aliphatic heterocycles. The molecule has 0 atom stereocenters. The van der Waals surface area contributed by atoms with Crippen LogP contribution in [0.3, 0.4) is 0 Å². The minimum absolute atomic E-state index is 0.110. The van der Waals surface area contributed by atoms with Crippen molar-refractivity contribution in [1.29, 1.82) is 0 Å². The van der Waals surface area contributed by atoms with Crippen LogP contribution < -0.4 is 5.32 Å². The van der Waals surface area contributed by atoms with Crippen LogP contribution in [0, 0.1) is 20.8 Å². The Balaban J connectivity index is 1.43. The quantitative estimate of drug-likeness (QED) is 0.182. The molecule has 0 bridgehead atoms. The third-order valence-electron chi connectivity index (χ3n) is 7.70. The number of aryl methyl sites for hydroxylation is 3. The van der Waals surface area contributed by atoms with Gasteiger partial charge in [0.25, 0.3) is 0 Å². The minimum Gasteiger partial charge on any atom is -0.493 e. The fraction of sp³-hybridized carbons (Fsp3) is 0.344. The van der Waals surface area contributed by atoms with E-state index in [4.69, 9.17) is 12.2 Å². The highest BCUT2D eigenvalue weighted by Gasteiger charge is 2.25. The van der Waals surface area contributed by atoms with Crippen LogP contribution in [-0.4, -0.2) is 25.7 Å². The first-order valence-corrected chi connectivity index (χ1v) is 14.2. The summed E-state index contributed by atoms with van der Waals surface area (Å²) < 4.78 is 1.97. The second-order valence-electron chi connectivity index (χ2n) is 10.7.